The van der Waals surface area contributed by atoms with Crippen LogP contribution in [0.1, 0.15) is 24.2 Å². The Kier molecular flexibility index (Phi) is 3.44. The summed E-state index contributed by atoms with van der Waals surface area (Å²) in [5.74, 6) is -0.449. The molecule has 15 heavy (non-hydrogen) atoms. The van der Waals surface area contributed by atoms with Crippen LogP contribution >= 0.6 is 0 Å². The van der Waals surface area contributed by atoms with Gasteiger partial charge in [0.1, 0.15) is 5.75 Å². The van der Waals surface area contributed by atoms with Crippen LogP contribution in [-0.2, 0) is 4.79 Å². The molecule has 0 spiro atoms. The third-order valence-electron chi connectivity index (χ3n) is 2.07. The summed E-state index contributed by atoms with van der Waals surface area (Å²) in [7, 11) is 0. The summed E-state index contributed by atoms with van der Waals surface area (Å²) >= 11 is 0. The molecule has 4 nitrogen and oxygen atoms in total. The monoisotopic (exact) mass is 207 g/mol. The van der Waals surface area contributed by atoms with Gasteiger partial charge in [0.05, 0.1) is 6.04 Å². The van der Waals surface area contributed by atoms with Gasteiger partial charge < -0.3 is 10.4 Å². The maximum atomic E-state index is 11.5. The molecule has 0 saturated heterocycles. The van der Waals surface area contributed by atoms with Crippen LogP contribution in [0.5, 0.6) is 5.75 Å². The molecule has 1 rings (SSSR count). The van der Waals surface area contributed by atoms with Gasteiger partial charge in [-0.15, -0.1) is 0 Å². The predicted molar refractivity (Wildman–Crippen MR) is 55.7 cm³/mol. The number of phenols is 1. The van der Waals surface area contributed by atoms with Crippen LogP contribution in [-0.4, -0.2) is 22.8 Å². The van der Waals surface area contributed by atoms with E-state index in [1.807, 2.05) is 0 Å². The van der Waals surface area contributed by atoms with Crippen molar-refractivity contribution in [1.82, 2.24) is 5.32 Å². The average Bonchev–Trinajstić information content (AvgIpc) is 2.17. The summed E-state index contributed by atoms with van der Waals surface area (Å²) in [6, 6.07) is 5.46. The van der Waals surface area contributed by atoms with E-state index >= 15 is 0 Å². The summed E-state index contributed by atoms with van der Waals surface area (Å²) in [6.07, 6.45) is 0. The first kappa shape index (κ1) is 11.2. The molecule has 0 aromatic heterocycles. The number of aromatic hydroxyl groups is 1. The second-order valence-corrected chi connectivity index (χ2v) is 3.36. The number of hydrogen-bond donors (Lipinski definition) is 2. The first-order chi connectivity index (χ1) is 7.00. The van der Waals surface area contributed by atoms with E-state index in [2.05, 4.69) is 5.32 Å². The Bertz CT molecular complexity index is 387. The number of rotatable bonds is 3. The average molecular weight is 207 g/mol. The van der Waals surface area contributed by atoms with Crippen molar-refractivity contribution < 1.29 is 14.7 Å². The van der Waals surface area contributed by atoms with Crippen LogP contribution in [0.25, 0.3) is 0 Å². The molecule has 4 heteroatoms. The number of carbonyl (C=O) groups excluding carboxylic acids is 2. The van der Waals surface area contributed by atoms with Crippen LogP contribution in [0, 0.1) is 0 Å². The molecule has 0 saturated carbocycles. The number of benzene rings is 1. The maximum Gasteiger partial charge on any atom is 0.251 e. The Balaban J connectivity index is 2.73. The topological polar surface area (TPSA) is 66.4 Å². The van der Waals surface area contributed by atoms with Crippen molar-refractivity contribution in [2.45, 2.75) is 19.9 Å². The molecule has 1 atom stereocenters. The standard InChI is InChI=1S/C11H13NO3/c1-7(8(2)13)12-11(15)9-4-3-5-10(14)6-9/h3-7,14H,1-2H3,(H,12,15). The molecule has 2 N–H and O–H groups in total. The SMILES string of the molecule is CC(=O)C(C)NC(=O)c1cccc(O)c1. The summed E-state index contributed by atoms with van der Waals surface area (Å²) in [6.45, 7) is 3.02. The highest BCUT2D eigenvalue weighted by molar-refractivity contribution is 5.97. The summed E-state index contributed by atoms with van der Waals surface area (Å²) in [5.41, 5.74) is 0.336. The Labute approximate surface area is 87.9 Å². The molecule has 80 valence electrons. The van der Waals surface area contributed by atoms with Crippen LogP contribution in [0.2, 0.25) is 0 Å². The number of ketones is 1. The highest BCUT2D eigenvalue weighted by Gasteiger charge is 2.12. The van der Waals surface area contributed by atoms with E-state index < -0.39 is 6.04 Å². The lowest BCUT2D eigenvalue weighted by molar-refractivity contribution is -0.118. The van der Waals surface area contributed by atoms with Crippen molar-refractivity contribution in [3.8, 4) is 5.75 Å². The lowest BCUT2D eigenvalue weighted by Gasteiger charge is -2.10. The van der Waals surface area contributed by atoms with E-state index in [-0.39, 0.29) is 17.4 Å². The predicted octanol–water partition coefficient (Wildman–Crippen LogP) is 1.10. The van der Waals surface area contributed by atoms with Gasteiger partial charge in [-0.25, -0.2) is 0 Å². The Morgan fingerprint density at radius 1 is 1.40 bits per heavy atom. The largest absolute Gasteiger partial charge is 0.508 e. The van der Waals surface area contributed by atoms with E-state index in [9.17, 15) is 9.59 Å². The van der Waals surface area contributed by atoms with Gasteiger partial charge in [0.2, 0.25) is 0 Å². The molecule has 0 aliphatic rings. The van der Waals surface area contributed by atoms with Gasteiger partial charge in [-0.2, -0.15) is 0 Å². The van der Waals surface area contributed by atoms with Crippen molar-refractivity contribution in [1.29, 1.82) is 0 Å². The van der Waals surface area contributed by atoms with Gasteiger partial charge >= 0.3 is 0 Å². The van der Waals surface area contributed by atoms with Crippen molar-refractivity contribution >= 4 is 11.7 Å². The van der Waals surface area contributed by atoms with Crippen LogP contribution < -0.4 is 5.32 Å². The van der Waals surface area contributed by atoms with Gasteiger partial charge in [-0.05, 0) is 32.0 Å². The third kappa shape index (κ3) is 3.09. The fourth-order valence-corrected chi connectivity index (χ4v) is 1.03. The highest BCUT2D eigenvalue weighted by atomic mass is 16.3. The Morgan fingerprint density at radius 2 is 2.07 bits per heavy atom. The first-order valence-electron chi connectivity index (χ1n) is 4.61. The fourth-order valence-electron chi connectivity index (χ4n) is 1.03. The normalized spacial score (nSPS) is 11.9. The summed E-state index contributed by atoms with van der Waals surface area (Å²) in [5, 5.41) is 11.7. The second kappa shape index (κ2) is 4.59. The molecular formula is C11H13NO3. The smallest absolute Gasteiger partial charge is 0.251 e. The molecule has 1 aromatic carbocycles. The second-order valence-electron chi connectivity index (χ2n) is 3.36. The van der Waals surface area contributed by atoms with E-state index in [4.69, 9.17) is 5.11 Å². The van der Waals surface area contributed by atoms with Crippen molar-refractivity contribution in [3.05, 3.63) is 29.8 Å². The van der Waals surface area contributed by atoms with Gasteiger partial charge in [-0.3, -0.25) is 9.59 Å². The number of nitrogens with one attached hydrogen (secondary N) is 1. The van der Waals surface area contributed by atoms with E-state index in [1.165, 1.54) is 19.1 Å². The summed E-state index contributed by atoms with van der Waals surface area (Å²) in [4.78, 5) is 22.5. The molecule has 0 bridgehead atoms. The molecule has 0 aliphatic carbocycles. The van der Waals surface area contributed by atoms with Crippen molar-refractivity contribution in [3.63, 3.8) is 0 Å². The van der Waals surface area contributed by atoms with Gasteiger partial charge in [0, 0.05) is 5.56 Å². The van der Waals surface area contributed by atoms with Gasteiger partial charge in [0.15, 0.2) is 5.78 Å². The Morgan fingerprint density at radius 3 is 2.60 bits per heavy atom. The Hall–Kier alpha value is -1.84. The molecule has 0 fully saturated rings. The number of hydrogen-bond acceptors (Lipinski definition) is 3. The van der Waals surface area contributed by atoms with Crippen LogP contribution in [0.3, 0.4) is 0 Å². The lowest BCUT2D eigenvalue weighted by Crippen LogP contribution is -2.37. The van der Waals surface area contributed by atoms with Crippen LogP contribution in [0.15, 0.2) is 24.3 Å². The minimum absolute atomic E-state index is 0.0260. The van der Waals surface area contributed by atoms with Crippen LogP contribution in [0.4, 0.5) is 0 Å². The third-order valence-corrected chi connectivity index (χ3v) is 2.07. The fraction of sp³-hybridized carbons (Fsp3) is 0.273. The van der Waals surface area contributed by atoms with E-state index in [0.717, 1.165) is 0 Å². The van der Waals surface area contributed by atoms with E-state index in [1.54, 1.807) is 19.1 Å². The zero-order valence-corrected chi connectivity index (χ0v) is 8.65. The zero-order chi connectivity index (χ0) is 11.4. The van der Waals surface area contributed by atoms with Gasteiger partial charge in [0.25, 0.3) is 5.91 Å². The molecule has 0 radical (unpaired) electrons. The summed E-state index contributed by atoms with van der Waals surface area (Å²) < 4.78 is 0. The van der Waals surface area contributed by atoms with Crippen molar-refractivity contribution in [2.24, 2.45) is 0 Å². The quantitative estimate of drug-likeness (QED) is 0.780. The number of Topliss-reactive ketones (excluding diaryl/α,β-unsaturated/α-hetero) is 1. The van der Waals surface area contributed by atoms with E-state index in [0.29, 0.717) is 5.56 Å². The minimum Gasteiger partial charge on any atom is -0.508 e. The molecule has 1 aromatic rings. The number of carbonyl (C=O) groups is 2. The lowest BCUT2D eigenvalue weighted by atomic mass is 10.1. The number of amides is 1. The van der Waals surface area contributed by atoms with Gasteiger partial charge in [-0.1, -0.05) is 6.07 Å². The molecule has 0 heterocycles. The van der Waals surface area contributed by atoms with Crippen molar-refractivity contribution in [2.75, 3.05) is 0 Å². The highest BCUT2D eigenvalue weighted by Crippen LogP contribution is 2.10. The molecule has 1 amide bonds. The maximum absolute atomic E-state index is 11.5. The zero-order valence-electron chi connectivity index (χ0n) is 8.65. The molecule has 0 aliphatic heterocycles. The molecule has 1 unspecified atom stereocenters. The molecular weight excluding hydrogens is 194 g/mol. The number of phenolic OH excluding ortho intramolecular Hbond substituents is 1. The minimum atomic E-state index is -0.514. The first-order valence-corrected chi connectivity index (χ1v) is 4.61.